The molecule has 2 rings (SSSR count). The number of nitrogens with zero attached hydrogens (tertiary/aromatic N) is 1. The summed E-state index contributed by atoms with van der Waals surface area (Å²) in [7, 11) is 0. The van der Waals surface area contributed by atoms with Crippen LogP contribution in [0.4, 0.5) is 0 Å². The van der Waals surface area contributed by atoms with Gasteiger partial charge in [0.05, 0.1) is 6.10 Å². The minimum atomic E-state index is 0.128. The van der Waals surface area contributed by atoms with Crippen LogP contribution in [0.2, 0.25) is 0 Å². The summed E-state index contributed by atoms with van der Waals surface area (Å²) in [5.74, 6) is 0.909. The van der Waals surface area contributed by atoms with Crippen LogP contribution in [0.5, 0.6) is 5.75 Å². The predicted molar refractivity (Wildman–Crippen MR) is 76.6 cm³/mol. The Hall–Kier alpha value is -1.51. The molecule has 1 aromatic carbocycles. The maximum atomic E-state index is 12.5. The monoisotopic (exact) mass is 261 g/mol. The van der Waals surface area contributed by atoms with Gasteiger partial charge in [-0.05, 0) is 44.9 Å². The van der Waals surface area contributed by atoms with Gasteiger partial charge < -0.3 is 9.64 Å². The lowest BCUT2D eigenvalue weighted by Crippen LogP contribution is -2.31. The summed E-state index contributed by atoms with van der Waals surface area (Å²) in [5, 5.41) is 0. The Morgan fingerprint density at radius 2 is 1.84 bits per heavy atom. The molecule has 1 aromatic rings. The highest BCUT2D eigenvalue weighted by molar-refractivity contribution is 5.94. The normalized spacial score (nSPS) is 16.3. The first-order valence-corrected chi connectivity index (χ1v) is 7.23. The summed E-state index contributed by atoms with van der Waals surface area (Å²) >= 11 is 0. The second kappa shape index (κ2) is 6.60. The first-order valence-electron chi connectivity index (χ1n) is 7.23. The minimum Gasteiger partial charge on any atom is -0.491 e. The van der Waals surface area contributed by atoms with E-state index < -0.39 is 0 Å². The van der Waals surface area contributed by atoms with Gasteiger partial charge in [-0.3, -0.25) is 4.79 Å². The maximum absolute atomic E-state index is 12.5. The second-order valence-corrected chi connectivity index (χ2v) is 5.40. The van der Waals surface area contributed by atoms with Gasteiger partial charge >= 0.3 is 0 Å². The van der Waals surface area contributed by atoms with Crippen LogP contribution in [0.1, 0.15) is 49.9 Å². The number of rotatable bonds is 3. The van der Waals surface area contributed by atoms with Crippen molar-refractivity contribution in [1.29, 1.82) is 0 Å². The first-order chi connectivity index (χ1) is 9.16. The predicted octanol–water partition coefficient (Wildman–Crippen LogP) is 3.49. The van der Waals surface area contributed by atoms with Crippen molar-refractivity contribution >= 4 is 5.91 Å². The zero-order valence-corrected chi connectivity index (χ0v) is 11.9. The van der Waals surface area contributed by atoms with E-state index in [0.29, 0.717) is 0 Å². The average molecular weight is 261 g/mol. The zero-order valence-electron chi connectivity index (χ0n) is 11.9. The largest absolute Gasteiger partial charge is 0.491 e. The zero-order chi connectivity index (χ0) is 13.7. The van der Waals surface area contributed by atoms with Gasteiger partial charge in [-0.1, -0.05) is 18.9 Å². The van der Waals surface area contributed by atoms with E-state index >= 15 is 0 Å². The molecule has 1 amide bonds. The van der Waals surface area contributed by atoms with Gasteiger partial charge in [-0.25, -0.2) is 0 Å². The third kappa shape index (κ3) is 3.98. The van der Waals surface area contributed by atoms with Crippen molar-refractivity contribution in [3.05, 3.63) is 29.8 Å². The van der Waals surface area contributed by atoms with Gasteiger partial charge in [0.15, 0.2) is 0 Å². The minimum absolute atomic E-state index is 0.128. The van der Waals surface area contributed by atoms with E-state index in [0.717, 1.165) is 37.2 Å². The van der Waals surface area contributed by atoms with E-state index in [1.807, 2.05) is 43.0 Å². The number of amides is 1. The number of carbonyl (C=O) groups is 1. The lowest BCUT2D eigenvalue weighted by molar-refractivity contribution is 0.0761. The van der Waals surface area contributed by atoms with Gasteiger partial charge in [0.25, 0.3) is 5.91 Å². The van der Waals surface area contributed by atoms with E-state index in [2.05, 4.69) is 0 Å². The number of ether oxygens (including phenoxy) is 1. The van der Waals surface area contributed by atoms with Crippen LogP contribution < -0.4 is 4.74 Å². The molecular weight excluding hydrogens is 238 g/mol. The van der Waals surface area contributed by atoms with Gasteiger partial charge in [0.2, 0.25) is 0 Å². The van der Waals surface area contributed by atoms with E-state index in [4.69, 9.17) is 4.74 Å². The third-order valence-electron chi connectivity index (χ3n) is 3.35. The van der Waals surface area contributed by atoms with Crippen LogP contribution in [0, 0.1) is 0 Å². The molecule has 3 nitrogen and oxygen atoms in total. The fourth-order valence-electron chi connectivity index (χ4n) is 2.43. The number of benzene rings is 1. The van der Waals surface area contributed by atoms with Crippen molar-refractivity contribution in [2.75, 3.05) is 13.1 Å². The van der Waals surface area contributed by atoms with Gasteiger partial charge in [0.1, 0.15) is 5.75 Å². The maximum Gasteiger partial charge on any atom is 0.253 e. The van der Waals surface area contributed by atoms with Crippen molar-refractivity contribution in [3.63, 3.8) is 0 Å². The van der Waals surface area contributed by atoms with E-state index in [9.17, 15) is 4.79 Å². The molecule has 1 fully saturated rings. The summed E-state index contributed by atoms with van der Waals surface area (Å²) in [6.45, 7) is 5.74. The Labute approximate surface area is 115 Å². The molecule has 0 spiro atoms. The van der Waals surface area contributed by atoms with Gasteiger partial charge in [0, 0.05) is 18.7 Å². The number of likely N-dealkylation sites (tertiary alicyclic amines) is 1. The molecule has 0 atom stereocenters. The van der Waals surface area contributed by atoms with Crippen LogP contribution in [0.25, 0.3) is 0 Å². The summed E-state index contributed by atoms with van der Waals surface area (Å²) in [5.41, 5.74) is 0.736. The van der Waals surface area contributed by atoms with Crippen molar-refractivity contribution in [2.24, 2.45) is 0 Å². The molecule has 1 saturated heterocycles. The number of hydrogen-bond acceptors (Lipinski definition) is 2. The molecule has 104 valence electrons. The summed E-state index contributed by atoms with van der Waals surface area (Å²) < 4.78 is 5.65. The van der Waals surface area contributed by atoms with Crippen molar-refractivity contribution in [1.82, 2.24) is 4.90 Å². The lowest BCUT2D eigenvalue weighted by Gasteiger charge is -2.20. The highest BCUT2D eigenvalue weighted by Crippen LogP contribution is 2.18. The first kappa shape index (κ1) is 13.9. The molecule has 1 heterocycles. The molecule has 3 heteroatoms. The molecule has 0 radical (unpaired) electrons. The third-order valence-corrected chi connectivity index (χ3v) is 3.35. The summed E-state index contributed by atoms with van der Waals surface area (Å²) in [6.07, 6.45) is 4.84. The molecule has 0 bridgehead atoms. The molecule has 0 aromatic heterocycles. The van der Waals surface area contributed by atoms with Crippen LogP contribution in [-0.2, 0) is 0 Å². The highest BCUT2D eigenvalue weighted by Gasteiger charge is 2.17. The fourth-order valence-corrected chi connectivity index (χ4v) is 2.43. The van der Waals surface area contributed by atoms with Crippen molar-refractivity contribution in [3.8, 4) is 5.75 Å². The van der Waals surface area contributed by atoms with E-state index in [1.54, 1.807) is 0 Å². The Bertz CT molecular complexity index is 421. The summed E-state index contributed by atoms with van der Waals surface area (Å²) in [4.78, 5) is 14.4. The lowest BCUT2D eigenvalue weighted by atomic mass is 10.2. The Balaban J connectivity index is 2.09. The van der Waals surface area contributed by atoms with Crippen molar-refractivity contribution in [2.45, 2.75) is 45.6 Å². The van der Waals surface area contributed by atoms with Crippen molar-refractivity contribution < 1.29 is 9.53 Å². The Morgan fingerprint density at radius 3 is 2.47 bits per heavy atom. The molecular formula is C16H23NO2. The molecule has 0 saturated carbocycles. The van der Waals surface area contributed by atoms with Crippen LogP contribution in [0.15, 0.2) is 24.3 Å². The smallest absolute Gasteiger partial charge is 0.253 e. The molecule has 0 aliphatic carbocycles. The van der Waals surface area contributed by atoms with E-state index in [-0.39, 0.29) is 12.0 Å². The molecule has 19 heavy (non-hydrogen) atoms. The SMILES string of the molecule is CC(C)Oc1cccc(C(=O)N2CCCCCC2)c1. The molecule has 1 aliphatic heterocycles. The fraction of sp³-hybridized carbons (Fsp3) is 0.562. The molecule has 0 N–H and O–H groups in total. The second-order valence-electron chi connectivity index (χ2n) is 5.40. The van der Waals surface area contributed by atoms with Crippen LogP contribution in [0.3, 0.4) is 0 Å². The Kier molecular flexibility index (Phi) is 4.83. The average Bonchev–Trinajstić information content (AvgIpc) is 2.66. The van der Waals surface area contributed by atoms with Gasteiger partial charge in [-0.2, -0.15) is 0 Å². The van der Waals surface area contributed by atoms with Gasteiger partial charge in [-0.15, -0.1) is 0 Å². The highest BCUT2D eigenvalue weighted by atomic mass is 16.5. The number of carbonyl (C=O) groups excluding carboxylic acids is 1. The quantitative estimate of drug-likeness (QED) is 0.833. The molecule has 1 aliphatic rings. The molecule has 0 unspecified atom stereocenters. The Morgan fingerprint density at radius 1 is 1.16 bits per heavy atom. The topological polar surface area (TPSA) is 29.5 Å². The standard InChI is InChI=1S/C16H23NO2/c1-13(2)19-15-9-7-8-14(12-15)16(18)17-10-5-3-4-6-11-17/h7-9,12-13H,3-6,10-11H2,1-2H3. The summed E-state index contributed by atoms with van der Waals surface area (Å²) in [6, 6.07) is 7.52. The van der Waals surface area contributed by atoms with E-state index in [1.165, 1.54) is 12.8 Å². The van der Waals surface area contributed by atoms with Crippen LogP contribution >= 0.6 is 0 Å². The number of hydrogen-bond donors (Lipinski definition) is 0. The van der Waals surface area contributed by atoms with Crippen LogP contribution in [-0.4, -0.2) is 30.0 Å².